The summed E-state index contributed by atoms with van der Waals surface area (Å²) < 4.78 is 5.51. The summed E-state index contributed by atoms with van der Waals surface area (Å²) in [6.45, 7) is 4.28. The summed E-state index contributed by atoms with van der Waals surface area (Å²) in [5, 5.41) is 2.93. The number of para-hydroxylation sites is 1. The second-order valence-corrected chi connectivity index (χ2v) is 4.99. The van der Waals surface area contributed by atoms with Gasteiger partial charge in [0.05, 0.1) is 13.0 Å². The number of ether oxygens (including phenoxy) is 1. The molecule has 0 aliphatic heterocycles. The molecular formula is C17H20N2O2. The SMILES string of the molecule is Cc1cccc(C)c1NC(=O)CCOc1cccc(N)c1. The molecular weight excluding hydrogens is 264 g/mol. The predicted molar refractivity (Wildman–Crippen MR) is 85.5 cm³/mol. The number of hydrogen-bond donors (Lipinski definition) is 2. The Morgan fingerprint density at radius 3 is 2.48 bits per heavy atom. The number of amides is 1. The highest BCUT2D eigenvalue weighted by Crippen LogP contribution is 2.19. The summed E-state index contributed by atoms with van der Waals surface area (Å²) >= 11 is 0. The molecule has 0 heterocycles. The van der Waals surface area contributed by atoms with Gasteiger partial charge in [-0.25, -0.2) is 0 Å². The minimum absolute atomic E-state index is 0.0590. The molecule has 3 N–H and O–H groups in total. The predicted octanol–water partition coefficient (Wildman–Crippen LogP) is 3.29. The van der Waals surface area contributed by atoms with Crippen LogP contribution in [0, 0.1) is 13.8 Å². The maximum absolute atomic E-state index is 12.0. The van der Waals surface area contributed by atoms with Crippen LogP contribution in [0.15, 0.2) is 42.5 Å². The van der Waals surface area contributed by atoms with E-state index in [4.69, 9.17) is 10.5 Å². The molecule has 0 fully saturated rings. The lowest BCUT2D eigenvalue weighted by atomic mass is 10.1. The molecule has 2 aromatic carbocycles. The molecule has 110 valence electrons. The van der Waals surface area contributed by atoms with Crippen LogP contribution in [0.2, 0.25) is 0 Å². The molecule has 0 saturated heterocycles. The van der Waals surface area contributed by atoms with Gasteiger partial charge in [-0.2, -0.15) is 0 Å². The third-order valence-electron chi connectivity index (χ3n) is 3.20. The van der Waals surface area contributed by atoms with Gasteiger partial charge in [-0.3, -0.25) is 4.79 Å². The van der Waals surface area contributed by atoms with E-state index in [9.17, 15) is 4.79 Å². The van der Waals surface area contributed by atoms with Crippen LogP contribution in [0.25, 0.3) is 0 Å². The summed E-state index contributed by atoms with van der Waals surface area (Å²) in [6, 6.07) is 13.1. The van der Waals surface area contributed by atoms with Gasteiger partial charge < -0.3 is 15.8 Å². The van der Waals surface area contributed by atoms with Crippen molar-refractivity contribution in [3.8, 4) is 5.75 Å². The second-order valence-electron chi connectivity index (χ2n) is 4.99. The molecule has 0 saturated carbocycles. The van der Waals surface area contributed by atoms with E-state index >= 15 is 0 Å². The van der Waals surface area contributed by atoms with Gasteiger partial charge in [-0.1, -0.05) is 24.3 Å². The number of aryl methyl sites for hydroxylation is 2. The minimum atomic E-state index is -0.0590. The molecule has 21 heavy (non-hydrogen) atoms. The van der Waals surface area contributed by atoms with E-state index in [1.807, 2.05) is 44.2 Å². The van der Waals surface area contributed by atoms with Gasteiger partial charge in [0.25, 0.3) is 0 Å². The van der Waals surface area contributed by atoms with E-state index < -0.39 is 0 Å². The number of nitrogen functional groups attached to an aromatic ring is 1. The smallest absolute Gasteiger partial charge is 0.227 e. The first-order chi connectivity index (χ1) is 10.1. The Kier molecular flexibility index (Phi) is 4.82. The molecule has 4 heteroatoms. The molecule has 2 rings (SSSR count). The number of carbonyl (C=O) groups excluding carboxylic acids is 1. The highest BCUT2D eigenvalue weighted by atomic mass is 16.5. The standard InChI is InChI=1S/C17H20N2O2/c1-12-5-3-6-13(2)17(12)19-16(20)9-10-21-15-8-4-7-14(18)11-15/h3-8,11H,9-10,18H2,1-2H3,(H,19,20). The van der Waals surface area contributed by atoms with Crippen molar-refractivity contribution in [2.45, 2.75) is 20.3 Å². The summed E-state index contributed by atoms with van der Waals surface area (Å²) in [6.07, 6.45) is 0.294. The molecule has 0 aliphatic rings. The average Bonchev–Trinajstić information content (AvgIpc) is 2.43. The quantitative estimate of drug-likeness (QED) is 0.828. The van der Waals surface area contributed by atoms with Gasteiger partial charge in [0.1, 0.15) is 5.75 Å². The third kappa shape index (κ3) is 4.24. The Morgan fingerprint density at radius 1 is 1.14 bits per heavy atom. The van der Waals surface area contributed by atoms with E-state index in [1.165, 1.54) is 0 Å². The molecule has 0 bridgehead atoms. The second kappa shape index (κ2) is 6.79. The van der Waals surface area contributed by atoms with Crippen molar-refractivity contribution < 1.29 is 9.53 Å². The maximum atomic E-state index is 12.0. The highest BCUT2D eigenvalue weighted by molar-refractivity contribution is 5.92. The Hall–Kier alpha value is -2.49. The van der Waals surface area contributed by atoms with Gasteiger partial charge >= 0.3 is 0 Å². The fourth-order valence-electron chi connectivity index (χ4n) is 2.08. The first-order valence-electron chi connectivity index (χ1n) is 6.90. The fraction of sp³-hybridized carbons (Fsp3) is 0.235. The first kappa shape index (κ1) is 14.9. The molecule has 0 radical (unpaired) electrons. The van der Waals surface area contributed by atoms with Crippen LogP contribution in [0.4, 0.5) is 11.4 Å². The van der Waals surface area contributed by atoms with Crippen molar-refractivity contribution in [2.75, 3.05) is 17.7 Å². The molecule has 0 unspecified atom stereocenters. The lowest BCUT2D eigenvalue weighted by molar-refractivity contribution is -0.116. The number of carbonyl (C=O) groups is 1. The number of hydrogen-bond acceptors (Lipinski definition) is 3. The Labute approximate surface area is 124 Å². The van der Waals surface area contributed by atoms with Crippen LogP contribution < -0.4 is 15.8 Å². The topological polar surface area (TPSA) is 64.3 Å². The lowest BCUT2D eigenvalue weighted by Gasteiger charge is -2.12. The molecule has 1 amide bonds. The van der Waals surface area contributed by atoms with Crippen LogP contribution in [-0.4, -0.2) is 12.5 Å². The van der Waals surface area contributed by atoms with Crippen molar-refractivity contribution in [2.24, 2.45) is 0 Å². The Bertz CT molecular complexity index is 618. The van der Waals surface area contributed by atoms with Gasteiger partial charge in [-0.15, -0.1) is 0 Å². The molecule has 4 nitrogen and oxygen atoms in total. The molecule has 0 aromatic heterocycles. The normalized spacial score (nSPS) is 10.2. The monoisotopic (exact) mass is 284 g/mol. The number of benzene rings is 2. The van der Waals surface area contributed by atoms with Gasteiger partial charge in [-0.05, 0) is 37.1 Å². The van der Waals surface area contributed by atoms with Crippen LogP contribution in [-0.2, 0) is 4.79 Å². The molecule has 0 spiro atoms. The molecule has 2 aromatic rings. The van der Waals surface area contributed by atoms with E-state index in [-0.39, 0.29) is 5.91 Å². The Morgan fingerprint density at radius 2 is 1.81 bits per heavy atom. The van der Waals surface area contributed by atoms with Crippen molar-refractivity contribution in [1.29, 1.82) is 0 Å². The van der Waals surface area contributed by atoms with Crippen LogP contribution >= 0.6 is 0 Å². The minimum Gasteiger partial charge on any atom is -0.493 e. The zero-order chi connectivity index (χ0) is 15.2. The van der Waals surface area contributed by atoms with Crippen molar-refractivity contribution in [3.63, 3.8) is 0 Å². The van der Waals surface area contributed by atoms with E-state index in [2.05, 4.69) is 5.32 Å². The Balaban J connectivity index is 1.85. The van der Waals surface area contributed by atoms with E-state index in [0.29, 0.717) is 24.5 Å². The summed E-state index contributed by atoms with van der Waals surface area (Å²) in [7, 11) is 0. The number of nitrogens with one attached hydrogen (secondary N) is 1. The van der Waals surface area contributed by atoms with Gasteiger partial charge in [0.2, 0.25) is 5.91 Å². The van der Waals surface area contributed by atoms with Crippen molar-refractivity contribution in [1.82, 2.24) is 0 Å². The zero-order valence-electron chi connectivity index (χ0n) is 12.3. The van der Waals surface area contributed by atoms with Crippen molar-refractivity contribution in [3.05, 3.63) is 53.6 Å². The average molecular weight is 284 g/mol. The molecule has 0 aliphatic carbocycles. The lowest BCUT2D eigenvalue weighted by Crippen LogP contribution is -2.16. The van der Waals surface area contributed by atoms with Gasteiger partial charge in [0, 0.05) is 17.4 Å². The largest absolute Gasteiger partial charge is 0.493 e. The van der Waals surface area contributed by atoms with Crippen molar-refractivity contribution >= 4 is 17.3 Å². The first-order valence-corrected chi connectivity index (χ1v) is 6.90. The summed E-state index contributed by atoms with van der Waals surface area (Å²) in [4.78, 5) is 12.0. The van der Waals surface area contributed by atoms with Crippen LogP contribution in [0.1, 0.15) is 17.5 Å². The third-order valence-corrected chi connectivity index (χ3v) is 3.20. The van der Waals surface area contributed by atoms with Gasteiger partial charge in [0.15, 0.2) is 0 Å². The fourth-order valence-corrected chi connectivity index (χ4v) is 2.08. The maximum Gasteiger partial charge on any atom is 0.227 e. The van der Waals surface area contributed by atoms with Crippen LogP contribution in [0.5, 0.6) is 5.75 Å². The van der Waals surface area contributed by atoms with E-state index in [0.717, 1.165) is 16.8 Å². The number of nitrogens with two attached hydrogens (primary N) is 1. The van der Waals surface area contributed by atoms with Crippen LogP contribution in [0.3, 0.4) is 0 Å². The molecule has 0 atom stereocenters. The number of rotatable bonds is 5. The summed E-state index contributed by atoms with van der Waals surface area (Å²) in [5.74, 6) is 0.617. The summed E-state index contributed by atoms with van der Waals surface area (Å²) in [5.41, 5.74) is 9.30. The van der Waals surface area contributed by atoms with E-state index in [1.54, 1.807) is 12.1 Å². The number of anilines is 2. The highest BCUT2D eigenvalue weighted by Gasteiger charge is 2.07. The zero-order valence-corrected chi connectivity index (χ0v) is 12.3.